The van der Waals surface area contributed by atoms with Crippen LogP contribution < -0.4 is 0 Å². The van der Waals surface area contributed by atoms with E-state index < -0.39 is 0 Å². The van der Waals surface area contributed by atoms with Crippen molar-refractivity contribution >= 4 is 5.78 Å². The Labute approximate surface area is 101 Å². The van der Waals surface area contributed by atoms with Crippen LogP contribution in [0.25, 0.3) is 0 Å². The second-order valence-corrected chi connectivity index (χ2v) is 4.09. The third-order valence-corrected chi connectivity index (χ3v) is 2.73. The molecule has 0 radical (unpaired) electrons. The first-order valence-corrected chi connectivity index (χ1v) is 5.93. The van der Waals surface area contributed by atoms with E-state index in [1.807, 2.05) is 19.9 Å². The van der Waals surface area contributed by atoms with Crippen molar-refractivity contribution in [3.8, 4) is 0 Å². The molecule has 0 aliphatic carbocycles. The molecule has 0 saturated carbocycles. The van der Waals surface area contributed by atoms with Gasteiger partial charge < -0.3 is 4.74 Å². The van der Waals surface area contributed by atoms with Crippen molar-refractivity contribution in [2.24, 2.45) is 0 Å². The summed E-state index contributed by atoms with van der Waals surface area (Å²) in [7, 11) is 0. The third-order valence-electron chi connectivity index (χ3n) is 2.73. The van der Waals surface area contributed by atoms with Crippen LogP contribution in [0.1, 0.15) is 41.5 Å². The first kappa shape index (κ1) is 11.8. The second-order valence-electron chi connectivity index (χ2n) is 4.09. The van der Waals surface area contributed by atoms with Crippen molar-refractivity contribution < 1.29 is 9.53 Å². The van der Waals surface area contributed by atoms with Gasteiger partial charge in [0.2, 0.25) is 5.78 Å². The summed E-state index contributed by atoms with van der Waals surface area (Å²) in [6.07, 6.45) is 4.44. The van der Waals surface area contributed by atoms with Gasteiger partial charge in [0, 0.05) is 0 Å². The predicted octanol–water partition coefficient (Wildman–Crippen LogP) is 2.22. The van der Waals surface area contributed by atoms with Crippen LogP contribution in [0.5, 0.6) is 0 Å². The summed E-state index contributed by atoms with van der Waals surface area (Å²) >= 11 is 0. The Morgan fingerprint density at radius 2 is 2.29 bits per heavy atom. The lowest BCUT2D eigenvalue weighted by Gasteiger charge is -2.14. The molecule has 1 aliphatic heterocycles. The van der Waals surface area contributed by atoms with Crippen molar-refractivity contribution in [3.05, 3.63) is 34.9 Å². The number of carbonyl (C=O) groups excluding carboxylic acids is 1. The molecule has 2 heterocycles. The standard InChI is InChI=1S/C13H16N2O2/c1-3-11-10(8-9(2)14-15-11)13(16)12-6-4-5-7-17-12/h6,8H,3-5,7H2,1-2H3. The molecule has 1 aliphatic rings. The van der Waals surface area contributed by atoms with Crippen LogP contribution in [-0.2, 0) is 11.2 Å². The zero-order valence-corrected chi connectivity index (χ0v) is 10.2. The summed E-state index contributed by atoms with van der Waals surface area (Å²) in [6, 6.07) is 1.78. The minimum absolute atomic E-state index is 0.0699. The number of ether oxygens (including phenoxy) is 1. The fraction of sp³-hybridized carbons (Fsp3) is 0.462. The first-order valence-electron chi connectivity index (χ1n) is 5.93. The molecule has 4 heteroatoms. The van der Waals surface area contributed by atoms with E-state index in [0.29, 0.717) is 24.4 Å². The van der Waals surface area contributed by atoms with E-state index in [4.69, 9.17) is 4.74 Å². The highest BCUT2D eigenvalue weighted by molar-refractivity contribution is 6.08. The molecule has 0 aromatic carbocycles. The van der Waals surface area contributed by atoms with E-state index in [1.54, 1.807) is 6.07 Å². The van der Waals surface area contributed by atoms with Crippen molar-refractivity contribution in [1.82, 2.24) is 10.2 Å². The normalized spacial score (nSPS) is 15.1. The summed E-state index contributed by atoms with van der Waals surface area (Å²) in [4.78, 5) is 12.3. The zero-order chi connectivity index (χ0) is 12.3. The Morgan fingerprint density at radius 3 is 2.94 bits per heavy atom. The molecule has 17 heavy (non-hydrogen) atoms. The van der Waals surface area contributed by atoms with E-state index in [-0.39, 0.29) is 5.78 Å². The number of aromatic nitrogens is 2. The summed E-state index contributed by atoms with van der Waals surface area (Å²) in [5, 5.41) is 8.03. The van der Waals surface area contributed by atoms with Crippen molar-refractivity contribution in [3.63, 3.8) is 0 Å². The van der Waals surface area contributed by atoms with Gasteiger partial charge in [0.15, 0.2) is 5.76 Å². The van der Waals surface area contributed by atoms with Gasteiger partial charge in [0.05, 0.1) is 23.6 Å². The number of aryl methyl sites for hydroxylation is 2. The molecule has 4 nitrogen and oxygen atoms in total. The molecule has 0 N–H and O–H groups in total. The number of hydrogen-bond donors (Lipinski definition) is 0. The van der Waals surface area contributed by atoms with Gasteiger partial charge in [0.25, 0.3) is 0 Å². The molecule has 1 aromatic heterocycles. The molecule has 0 fully saturated rings. The lowest BCUT2D eigenvalue weighted by Crippen LogP contribution is -2.14. The van der Waals surface area contributed by atoms with Crippen LogP contribution in [-0.4, -0.2) is 22.6 Å². The summed E-state index contributed by atoms with van der Waals surface area (Å²) in [5.41, 5.74) is 2.10. The van der Waals surface area contributed by atoms with E-state index >= 15 is 0 Å². The average molecular weight is 232 g/mol. The summed E-state index contributed by atoms with van der Waals surface area (Å²) < 4.78 is 5.40. The predicted molar refractivity (Wildman–Crippen MR) is 63.7 cm³/mol. The lowest BCUT2D eigenvalue weighted by molar-refractivity contribution is 0.0897. The topological polar surface area (TPSA) is 52.1 Å². The van der Waals surface area contributed by atoms with Gasteiger partial charge in [-0.25, -0.2) is 0 Å². The molecule has 0 bridgehead atoms. The number of Topliss-reactive ketones (excluding diaryl/α,β-unsaturated/α-hetero) is 1. The number of nitrogens with zero attached hydrogens (tertiary/aromatic N) is 2. The number of rotatable bonds is 3. The van der Waals surface area contributed by atoms with Crippen LogP contribution in [0, 0.1) is 6.92 Å². The quantitative estimate of drug-likeness (QED) is 0.750. The molecule has 0 atom stereocenters. The van der Waals surface area contributed by atoms with E-state index in [1.165, 1.54) is 0 Å². The summed E-state index contributed by atoms with van der Waals surface area (Å²) in [6.45, 7) is 4.42. The fourth-order valence-corrected chi connectivity index (χ4v) is 1.82. The first-order chi connectivity index (χ1) is 8.22. The zero-order valence-electron chi connectivity index (χ0n) is 10.2. The monoisotopic (exact) mass is 232 g/mol. The second kappa shape index (κ2) is 5.08. The van der Waals surface area contributed by atoms with Gasteiger partial charge in [-0.05, 0) is 38.3 Å². The lowest BCUT2D eigenvalue weighted by atomic mass is 10.0. The highest BCUT2D eigenvalue weighted by atomic mass is 16.5. The Morgan fingerprint density at radius 1 is 1.47 bits per heavy atom. The Kier molecular flexibility index (Phi) is 3.52. The van der Waals surface area contributed by atoms with Crippen molar-refractivity contribution in [2.75, 3.05) is 6.61 Å². The maximum atomic E-state index is 12.3. The molecule has 1 aromatic rings. The number of ketones is 1. The SMILES string of the molecule is CCc1nnc(C)cc1C(=O)C1=CCCCO1. The number of allylic oxidation sites excluding steroid dienone is 2. The van der Waals surface area contributed by atoms with Gasteiger partial charge in [-0.2, -0.15) is 10.2 Å². The van der Waals surface area contributed by atoms with Crippen LogP contribution in [0.2, 0.25) is 0 Å². The Balaban J connectivity index is 2.35. The molecular formula is C13H16N2O2. The highest BCUT2D eigenvalue weighted by Gasteiger charge is 2.19. The van der Waals surface area contributed by atoms with E-state index in [2.05, 4.69) is 10.2 Å². The van der Waals surface area contributed by atoms with Gasteiger partial charge in [-0.3, -0.25) is 4.79 Å². The molecular weight excluding hydrogens is 216 g/mol. The Hall–Kier alpha value is -1.71. The third kappa shape index (κ3) is 2.52. The number of carbonyl (C=O) groups is 1. The largest absolute Gasteiger partial charge is 0.490 e. The molecule has 0 saturated heterocycles. The van der Waals surface area contributed by atoms with Gasteiger partial charge in [-0.1, -0.05) is 6.92 Å². The van der Waals surface area contributed by atoms with Gasteiger partial charge >= 0.3 is 0 Å². The van der Waals surface area contributed by atoms with Crippen LogP contribution in [0.15, 0.2) is 17.9 Å². The molecule has 0 amide bonds. The van der Waals surface area contributed by atoms with E-state index in [9.17, 15) is 4.79 Å². The van der Waals surface area contributed by atoms with Crippen LogP contribution in [0.3, 0.4) is 0 Å². The average Bonchev–Trinajstić information content (AvgIpc) is 2.39. The molecule has 0 unspecified atom stereocenters. The molecule has 90 valence electrons. The van der Waals surface area contributed by atoms with Crippen LogP contribution in [0.4, 0.5) is 0 Å². The maximum absolute atomic E-state index is 12.3. The minimum Gasteiger partial charge on any atom is -0.490 e. The minimum atomic E-state index is -0.0699. The highest BCUT2D eigenvalue weighted by Crippen LogP contribution is 2.18. The smallest absolute Gasteiger partial charge is 0.229 e. The molecule has 2 rings (SSSR count). The Bertz CT molecular complexity index is 466. The number of hydrogen-bond acceptors (Lipinski definition) is 4. The summed E-state index contributed by atoms with van der Waals surface area (Å²) in [5.74, 6) is 0.387. The van der Waals surface area contributed by atoms with Crippen LogP contribution >= 0.6 is 0 Å². The maximum Gasteiger partial charge on any atom is 0.229 e. The van der Waals surface area contributed by atoms with Crippen molar-refractivity contribution in [2.45, 2.75) is 33.1 Å². The van der Waals surface area contributed by atoms with Gasteiger partial charge in [-0.15, -0.1) is 0 Å². The van der Waals surface area contributed by atoms with Gasteiger partial charge in [0.1, 0.15) is 0 Å². The van der Waals surface area contributed by atoms with Crippen molar-refractivity contribution in [1.29, 1.82) is 0 Å². The molecule has 0 spiro atoms. The van der Waals surface area contributed by atoms with E-state index in [0.717, 1.165) is 24.2 Å². The fourth-order valence-electron chi connectivity index (χ4n) is 1.82.